The molecular weight excluding hydrogens is 160 g/mol. The third-order valence-electron chi connectivity index (χ3n) is 3.48. The van der Waals surface area contributed by atoms with Crippen molar-refractivity contribution in [3.8, 4) is 0 Å². The molecule has 0 bridgehead atoms. The van der Waals surface area contributed by atoms with Crippen LogP contribution in [0.25, 0.3) is 0 Å². The molecular formula is C12H20O. The Kier molecular flexibility index (Phi) is 2.23. The van der Waals surface area contributed by atoms with Crippen LogP contribution in [0, 0.1) is 11.3 Å². The summed E-state index contributed by atoms with van der Waals surface area (Å²) < 4.78 is 0. The topological polar surface area (TPSA) is 20.2 Å². The zero-order chi connectivity index (χ0) is 9.47. The monoisotopic (exact) mass is 180 g/mol. The summed E-state index contributed by atoms with van der Waals surface area (Å²) in [5.74, 6) is 0.814. The maximum absolute atomic E-state index is 9.71. The first kappa shape index (κ1) is 9.26. The average Bonchev–Trinajstić information content (AvgIpc) is 1.75. The Balaban J connectivity index is 2.09. The van der Waals surface area contributed by atoms with Crippen molar-refractivity contribution in [2.24, 2.45) is 11.3 Å². The van der Waals surface area contributed by atoms with Gasteiger partial charge < -0.3 is 5.11 Å². The molecule has 2 aliphatic carbocycles. The maximum Gasteiger partial charge on any atom is 0.0728 e. The molecule has 1 heteroatoms. The van der Waals surface area contributed by atoms with Crippen LogP contribution in [0.4, 0.5) is 0 Å². The first-order valence-corrected chi connectivity index (χ1v) is 5.45. The average molecular weight is 180 g/mol. The molecule has 1 N–H and O–H groups in total. The summed E-state index contributed by atoms with van der Waals surface area (Å²) in [7, 11) is 0. The van der Waals surface area contributed by atoms with Crippen molar-refractivity contribution < 1.29 is 5.11 Å². The van der Waals surface area contributed by atoms with Crippen LogP contribution in [0.5, 0.6) is 0 Å². The first-order valence-electron chi connectivity index (χ1n) is 5.45. The highest BCUT2D eigenvalue weighted by molar-refractivity contribution is 5.17. The highest BCUT2D eigenvalue weighted by Crippen LogP contribution is 2.43. The lowest BCUT2D eigenvalue weighted by Crippen LogP contribution is -2.29. The van der Waals surface area contributed by atoms with Gasteiger partial charge in [-0.25, -0.2) is 0 Å². The van der Waals surface area contributed by atoms with E-state index in [-0.39, 0.29) is 6.10 Å². The molecule has 0 aromatic carbocycles. The van der Waals surface area contributed by atoms with Gasteiger partial charge in [0.15, 0.2) is 0 Å². The number of allylic oxidation sites excluding steroid dienone is 1. The molecule has 0 heterocycles. The molecule has 0 saturated heterocycles. The molecule has 1 unspecified atom stereocenters. The molecule has 1 atom stereocenters. The van der Waals surface area contributed by atoms with Gasteiger partial charge in [-0.3, -0.25) is 0 Å². The van der Waals surface area contributed by atoms with E-state index in [0.717, 1.165) is 12.3 Å². The minimum Gasteiger partial charge on any atom is -0.389 e. The van der Waals surface area contributed by atoms with Crippen LogP contribution in [-0.4, -0.2) is 11.2 Å². The van der Waals surface area contributed by atoms with Crippen LogP contribution in [0.1, 0.15) is 46.0 Å². The van der Waals surface area contributed by atoms with Crippen LogP contribution < -0.4 is 0 Å². The summed E-state index contributed by atoms with van der Waals surface area (Å²) in [6.45, 7) is 4.53. The van der Waals surface area contributed by atoms with Crippen molar-refractivity contribution in [3.63, 3.8) is 0 Å². The largest absolute Gasteiger partial charge is 0.389 e. The molecule has 0 radical (unpaired) electrons. The zero-order valence-corrected chi connectivity index (χ0v) is 8.71. The lowest BCUT2D eigenvalue weighted by molar-refractivity contribution is 0.130. The van der Waals surface area contributed by atoms with Gasteiger partial charge in [0.05, 0.1) is 6.10 Å². The predicted octanol–water partition coefficient (Wildman–Crippen LogP) is 2.89. The zero-order valence-electron chi connectivity index (χ0n) is 8.71. The number of aliphatic hydroxyl groups is 1. The van der Waals surface area contributed by atoms with E-state index >= 15 is 0 Å². The summed E-state index contributed by atoms with van der Waals surface area (Å²) in [5, 5.41) is 9.71. The number of aliphatic hydroxyl groups excluding tert-OH is 1. The van der Waals surface area contributed by atoms with E-state index < -0.39 is 0 Å². The number of hydrogen-bond acceptors (Lipinski definition) is 1. The molecule has 1 nitrogen and oxygen atoms in total. The normalized spacial score (nSPS) is 33.8. The Morgan fingerprint density at radius 2 is 2.08 bits per heavy atom. The Morgan fingerprint density at radius 1 is 1.38 bits per heavy atom. The van der Waals surface area contributed by atoms with Gasteiger partial charge in [0.2, 0.25) is 0 Å². The minimum atomic E-state index is -0.181. The first-order chi connectivity index (χ1) is 6.07. The molecule has 1 fully saturated rings. The SMILES string of the molecule is CC1(C)CC(C2CCC2)=CC(O)C1. The van der Waals surface area contributed by atoms with Gasteiger partial charge in [-0.1, -0.05) is 31.9 Å². The number of rotatable bonds is 1. The summed E-state index contributed by atoms with van der Waals surface area (Å²) in [4.78, 5) is 0. The predicted molar refractivity (Wildman–Crippen MR) is 54.4 cm³/mol. The van der Waals surface area contributed by atoms with Gasteiger partial charge in [0, 0.05) is 0 Å². The fourth-order valence-corrected chi connectivity index (χ4v) is 2.62. The lowest BCUT2D eigenvalue weighted by atomic mass is 9.68. The van der Waals surface area contributed by atoms with Gasteiger partial charge in [0.25, 0.3) is 0 Å². The van der Waals surface area contributed by atoms with E-state index in [4.69, 9.17) is 0 Å². The number of hydrogen-bond donors (Lipinski definition) is 1. The van der Waals surface area contributed by atoms with E-state index in [2.05, 4.69) is 19.9 Å². The molecule has 0 aliphatic heterocycles. The molecule has 2 rings (SSSR count). The van der Waals surface area contributed by atoms with E-state index in [1.54, 1.807) is 0 Å². The maximum atomic E-state index is 9.71. The quantitative estimate of drug-likeness (QED) is 0.615. The van der Waals surface area contributed by atoms with Gasteiger partial charge in [0.1, 0.15) is 0 Å². The van der Waals surface area contributed by atoms with E-state index in [0.29, 0.717) is 5.41 Å². The van der Waals surface area contributed by atoms with Gasteiger partial charge in [-0.05, 0) is 37.0 Å². The van der Waals surface area contributed by atoms with Crippen LogP contribution in [0.15, 0.2) is 11.6 Å². The summed E-state index contributed by atoms with van der Waals surface area (Å²) in [6, 6.07) is 0. The lowest BCUT2D eigenvalue weighted by Gasteiger charge is -2.38. The van der Waals surface area contributed by atoms with Crippen molar-refractivity contribution in [2.45, 2.75) is 52.1 Å². The second-order valence-corrected chi connectivity index (χ2v) is 5.48. The van der Waals surface area contributed by atoms with Crippen LogP contribution >= 0.6 is 0 Å². The molecule has 74 valence electrons. The Labute approximate surface area is 80.8 Å². The van der Waals surface area contributed by atoms with Gasteiger partial charge in [-0.15, -0.1) is 0 Å². The standard InChI is InChI=1S/C12H20O/c1-12(2)7-10(6-11(13)8-12)9-4-3-5-9/h6,9,11,13H,3-5,7-8H2,1-2H3. The van der Waals surface area contributed by atoms with Crippen molar-refractivity contribution in [1.29, 1.82) is 0 Å². The Hall–Kier alpha value is -0.300. The van der Waals surface area contributed by atoms with E-state index in [1.165, 1.54) is 31.3 Å². The summed E-state index contributed by atoms with van der Waals surface area (Å²) in [5.41, 5.74) is 1.86. The minimum absolute atomic E-state index is 0.181. The molecule has 13 heavy (non-hydrogen) atoms. The molecule has 2 aliphatic rings. The Morgan fingerprint density at radius 3 is 2.54 bits per heavy atom. The second kappa shape index (κ2) is 3.13. The highest BCUT2D eigenvalue weighted by Gasteiger charge is 2.32. The van der Waals surface area contributed by atoms with Crippen molar-refractivity contribution in [2.75, 3.05) is 0 Å². The van der Waals surface area contributed by atoms with Crippen LogP contribution in [-0.2, 0) is 0 Å². The van der Waals surface area contributed by atoms with Crippen molar-refractivity contribution in [1.82, 2.24) is 0 Å². The highest BCUT2D eigenvalue weighted by atomic mass is 16.3. The fourth-order valence-electron chi connectivity index (χ4n) is 2.62. The van der Waals surface area contributed by atoms with Gasteiger partial charge >= 0.3 is 0 Å². The molecule has 0 amide bonds. The van der Waals surface area contributed by atoms with E-state index in [1.807, 2.05) is 0 Å². The third kappa shape index (κ3) is 1.96. The fraction of sp³-hybridized carbons (Fsp3) is 0.833. The summed E-state index contributed by atoms with van der Waals surface area (Å²) >= 11 is 0. The third-order valence-corrected chi connectivity index (χ3v) is 3.48. The Bertz CT molecular complexity index is 223. The molecule has 1 saturated carbocycles. The van der Waals surface area contributed by atoms with Crippen molar-refractivity contribution in [3.05, 3.63) is 11.6 Å². The van der Waals surface area contributed by atoms with Crippen LogP contribution in [0.3, 0.4) is 0 Å². The molecule has 0 aromatic heterocycles. The smallest absolute Gasteiger partial charge is 0.0728 e. The molecule has 0 spiro atoms. The van der Waals surface area contributed by atoms with Crippen LogP contribution in [0.2, 0.25) is 0 Å². The molecule has 0 aromatic rings. The summed E-state index contributed by atoms with van der Waals surface area (Å²) in [6.07, 6.45) is 8.17. The van der Waals surface area contributed by atoms with E-state index in [9.17, 15) is 5.11 Å². The second-order valence-electron chi connectivity index (χ2n) is 5.48. The van der Waals surface area contributed by atoms with Crippen molar-refractivity contribution >= 4 is 0 Å². The van der Waals surface area contributed by atoms with Gasteiger partial charge in [-0.2, -0.15) is 0 Å².